The molecule has 1 heterocycles. The van der Waals surface area contributed by atoms with E-state index in [9.17, 15) is 4.39 Å². The van der Waals surface area contributed by atoms with Crippen LogP contribution < -0.4 is 5.32 Å². The lowest BCUT2D eigenvalue weighted by Gasteiger charge is -2.21. The smallest absolute Gasteiger partial charge is 0.0906 e. The number of alkyl halides is 1. The van der Waals surface area contributed by atoms with Crippen LogP contribution in [0.25, 0.3) is 0 Å². The van der Waals surface area contributed by atoms with Crippen molar-refractivity contribution in [3.05, 3.63) is 0 Å². The monoisotopic (exact) mass is 191 g/mol. The highest BCUT2D eigenvalue weighted by molar-refractivity contribution is 7.99. The molecule has 0 bridgehead atoms. The highest BCUT2D eigenvalue weighted by atomic mass is 32.2. The summed E-state index contributed by atoms with van der Waals surface area (Å²) >= 11 is 2.06. The molecule has 3 heteroatoms. The van der Waals surface area contributed by atoms with Crippen molar-refractivity contribution in [1.82, 2.24) is 5.32 Å². The minimum absolute atomic E-state index is 0.190. The third-order valence-electron chi connectivity index (χ3n) is 2.13. The number of nitrogens with one attached hydrogen (secondary N) is 1. The highest BCUT2D eigenvalue weighted by Gasteiger charge is 2.12. The summed E-state index contributed by atoms with van der Waals surface area (Å²) in [6.45, 7) is 1.73. The molecule has 0 aromatic carbocycles. The molecule has 0 radical (unpaired) electrons. The maximum atomic E-state index is 11.7. The molecule has 1 unspecified atom stereocenters. The molecule has 1 aliphatic heterocycles. The molecule has 12 heavy (non-hydrogen) atoms. The van der Waals surface area contributed by atoms with E-state index < -0.39 is 0 Å². The molecule has 1 N–H and O–H groups in total. The first kappa shape index (κ1) is 10.3. The lowest BCUT2D eigenvalue weighted by atomic mass is 10.2. The molecule has 0 spiro atoms. The highest BCUT2D eigenvalue weighted by Crippen LogP contribution is 2.24. The summed E-state index contributed by atoms with van der Waals surface area (Å²) in [6.07, 6.45) is 4.76. The van der Waals surface area contributed by atoms with Crippen molar-refractivity contribution in [1.29, 1.82) is 0 Å². The molecule has 0 aliphatic carbocycles. The minimum Gasteiger partial charge on any atom is -0.316 e. The lowest BCUT2D eigenvalue weighted by molar-refractivity contribution is 0.457. The molecule has 1 aliphatic rings. The van der Waals surface area contributed by atoms with Crippen LogP contribution in [0.4, 0.5) is 4.39 Å². The SMILES string of the molecule is FCCCNCC1CCCCS1. The number of halogens is 1. The Kier molecular flexibility index (Phi) is 5.78. The Bertz CT molecular complexity index is 105. The fraction of sp³-hybridized carbons (Fsp3) is 1.00. The summed E-state index contributed by atoms with van der Waals surface area (Å²) in [5.41, 5.74) is 0. The average Bonchev–Trinajstić information content (AvgIpc) is 2.14. The molecule has 0 aromatic rings. The van der Waals surface area contributed by atoms with Gasteiger partial charge < -0.3 is 5.32 Å². The predicted molar refractivity (Wildman–Crippen MR) is 53.6 cm³/mol. The van der Waals surface area contributed by atoms with E-state index in [2.05, 4.69) is 17.1 Å². The second kappa shape index (κ2) is 6.72. The Morgan fingerprint density at radius 3 is 3.00 bits per heavy atom. The molecule has 1 saturated heterocycles. The summed E-state index contributed by atoms with van der Waals surface area (Å²) in [5, 5.41) is 4.09. The van der Waals surface area contributed by atoms with Gasteiger partial charge in [-0.2, -0.15) is 11.8 Å². The van der Waals surface area contributed by atoms with Crippen LogP contribution in [0.1, 0.15) is 25.7 Å². The van der Waals surface area contributed by atoms with Crippen LogP contribution in [0.2, 0.25) is 0 Å². The first-order valence-corrected chi connectivity index (χ1v) is 5.86. The van der Waals surface area contributed by atoms with Crippen LogP contribution in [-0.2, 0) is 0 Å². The first-order chi connectivity index (χ1) is 5.93. The van der Waals surface area contributed by atoms with Gasteiger partial charge in [-0.15, -0.1) is 0 Å². The number of thioether (sulfide) groups is 1. The summed E-state index contributed by atoms with van der Waals surface area (Å²) < 4.78 is 11.7. The van der Waals surface area contributed by atoms with Gasteiger partial charge in [0, 0.05) is 11.8 Å². The van der Waals surface area contributed by atoms with Crippen LogP contribution in [-0.4, -0.2) is 30.8 Å². The van der Waals surface area contributed by atoms with E-state index in [0.29, 0.717) is 6.42 Å². The van der Waals surface area contributed by atoms with Crippen molar-refractivity contribution in [2.24, 2.45) is 0 Å². The normalized spacial score (nSPS) is 24.2. The van der Waals surface area contributed by atoms with Gasteiger partial charge in [0.2, 0.25) is 0 Å². The fourth-order valence-electron chi connectivity index (χ4n) is 1.42. The zero-order valence-electron chi connectivity index (χ0n) is 7.52. The number of rotatable bonds is 5. The predicted octanol–water partition coefficient (Wildman–Crippen LogP) is 2.22. The largest absolute Gasteiger partial charge is 0.316 e. The van der Waals surface area contributed by atoms with Crippen molar-refractivity contribution >= 4 is 11.8 Å². The van der Waals surface area contributed by atoms with E-state index >= 15 is 0 Å². The number of hydrogen-bond donors (Lipinski definition) is 1. The second-order valence-corrected chi connectivity index (χ2v) is 4.64. The van der Waals surface area contributed by atoms with E-state index in [-0.39, 0.29) is 6.67 Å². The van der Waals surface area contributed by atoms with E-state index in [1.54, 1.807) is 0 Å². The first-order valence-electron chi connectivity index (χ1n) is 4.82. The van der Waals surface area contributed by atoms with Crippen molar-refractivity contribution < 1.29 is 4.39 Å². The minimum atomic E-state index is -0.190. The Balaban J connectivity index is 1.91. The molecule has 72 valence electrons. The zero-order chi connectivity index (χ0) is 8.65. The van der Waals surface area contributed by atoms with Gasteiger partial charge in [0.15, 0.2) is 0 Å². The average molecular weight is 191 g/mol. The van der Waals surface area contributed by atoms with Gasteiger partial charge in [-0.3, -0.25) is 4.39 Å². The van der Waals surface area contributed by atoms with E-state index in [1.807, 2.05) is 0 Å². The lowest BCUT2D eigenvalue weighted by Crippen LogP contribution is -2.27. The van der Waals surface area contributed by atoms with Crippen LogP contribution in [0.15, 0.2) is 0 Å². The van der Waals surface area contributed by atoms with E-state index in [1.165, 1.54) is 25.0 Å². The third-order valence-corrected chi connectivity index (χ3v) is 3.53. The molecule has 1 rings (SSSR count). The molecule has 1 nitrogen and oxygen atoms in total. The van der Waals surface area contributed by atoms with Gasteiger partial charge in [0.05, 0.1) is 6.67 Å². The topological polar surface area (TPSA) is 12.0 Å². The van der Waals surface area contributed by atoms with E-state index in [0.717, 1.165) is 18.3 Å². The molecule has 0 aromatic heterocycles. The molecule has 0 saturated carbocycles. The zero-order valence-corrected chi connectivity index (χ0v) is 8.34. The quantitative estimate of drug-likeness (QED) is 0.669. The molecular formula is C9H18FNS. The van der Waals surface area contributed by atoms with Crippen molar-refractivity contribution in [2.75, 3.05) is 25.5 Å². The van der Waals surface area contributed by atoms with Crippen molar-refractivity contribution in [3.63, 3.8) is 0 Å². The van der Waals surface area contributed by atoms with Crippen LogP contribution in [0.3, 0.4) is 0 Å². The van der Waals surface area contributed by atoms with Crippen LogP contribution in [0.5, 0.6) is 0 Å². The molecular weight excluding hydrogens is 173 g/mol. The summed E-state index contributed by atoms with van der Waals surface area (Å²) in [7, 11) is 0. The Morgan fingerprint density at radius 2 is 2.33 bits per heavy atom. The standard InChI is InChI=1S/C9H18FNS/c10-5-3-6-11-8-9-4-1-2-7-12-9/h9,11H,1-8H2. The summed E-state index contributed by atoms with van der Waals surface area (Å²) in [5.74, 6) is 1.31. The molecule has 1 fully saturated rings. The van der Waals surface area contributed by atoms with Gasteiger partial charge in [-0.25, -0.2) is 0 Å². The maximum absolute atomic E-state index is 11.7. The van der Waals surface area contributed by atoms with Gasteiger partial charge in [-0.05, 0) is 31.6 Å². The Morgan fingerprint density at radius 1 is 1.42 bits per heavy atom. The Labute approximate surface area is 78.5 Å². The van der Waals surface area contributed by atoms with Crippen molar-refractivity contribution in [2.45, 2.75) is 30.9 Å². The fourth-order valence-corrected chi connectivity index (χ4v) is 2.70. The summed E-state index contributed by atoms with van der Waals surface area (Å²) in [4.78, 5) is 0. The van der Waals surface area contributed by atoms with Crippen LogP contribution in [0, 0.1) is 0 Å². The second-order valence-electron chi connectivity index (χ2n) is 3.24. The number of hydrogen-bond acceptors (Lipinski definition) is 2. The van der Waals surface area contributed by atoms with Gasteiger partial charge >= 0.3 is 0 Å². The third kappa shape index (κ3) is 4.31. The van der Waals surface area contributed by atoms with Crippen molar-refractivity contribution in [3.8, 4) is 0 Å². The van der Waals surface area contributed by atoms with Gasteiger partial charge in [0.1, 0.15) is 0 Å². The van der Waals surface area contributed by atoms with Crippen LogP contribution >= 0.6 is 11.8 Å². The molecule has 0 amide bonds. The Hall–Kier alpha value is 0.240. The van der Waals surface area contributed by atoms with E-state index in [4.69, 9.17) is 0 Å². The van der Waals surface area contributed by atoms with Gasteiger partial charge in [0.25, 0.3) is 0 Å². The molecule has 1 atom stereocenters. The summed E-state index contributed by atoms with van der Waals surface area (Å²) in [6, 6.07) is 0. The maximum Gasteiger partial charge on any atom is 0.0906 e. The van der Waals surface area contributed by atoms with Gasteiger partial charge in [-0.1, -0.05) is 6.42 Å².